The van der Waals surface area contributed by atoms with Gasteiger partial charge in [0.2, 0.25) is 5.91 Å². The topological polar surface area (TPSA) is 80.5 Å². The number of carbonyl (C=O) groups excluding carboxylic acids is 1. The summed E-state index contributed by atoms with van der Waals surface area (Å²) >= 11 is 0. The number of piperidine rings is 1. The third-order valence-corrected chi connectivity index (χ3v) is 5.09. The molecule has 2 heterocycles. The van der Waals surface area contributed by atoms with Crippen molar-refractivity contribution in [2.24, 2.45) is 11.7 Å². The molecule has 1 atom stereocenters. The number of benzene rings is 1. The predicted molar refractivity (Wildman–Crippen MR) is 104 cm³/mol. The van der Waals surface area contributed by atoms with Crippen molar-refractivity contribution in [1.29, 1.82) is 0 Å². The van der Waals surface area contributed by atoms with E-state index in [0.717, 1.165) is 67.9 Å². The Morgan fingerprint density at radius 2 is 2.27 bits per heavy atom. The summed E-state index contributed by atoms with van der Waals surface area (Å²) in [5.74, 6) is 1.54. The molecule has 0 aliphatic carbocycles. The molecule has 3 rings (SSSR count). The van der Waals surface area contributed by atoms with Crippen molar-refractivity contribution in [2.45, 2.75) is 26.2 Å². The monoisotopic (exact) mass is 356 g/mol. The zero-order chi connectivity index (χ0) is 18.5. The molecule has 1 aliphatic heterocycles. The van der Waals surface area contributed by atoms with Crippen molar-refractivity contribution >= 4 is 22.6 Å². The molecule has 0 radical (unpaired) electrons. The van der Waals surface area contributed by atoms with Gasteiger partial charge < -0.3 is 20.7 Å². The number of aromatic nitrogens is 1. The largest absolute Gasteiger partial charge is 0.497 e. The highest BCUT2D eigenvalue weighted by molar-refractivity contribution is 5.85. The Labute approximate surface area is 154 Å². The molecule has 140 valence electrons. The van der Waals surface area contributed by atoms with Crippen LogP contribution in [0, 0.1) is 12.8 Å². The maximum Gasteiger partial charge on any atom is 0.221 e. The van der Waals surface area contributed by atoms with E-state index in [-0.39, 0.29) is 11.8 Å². The van der Waals surface area contributed by atoms with E-state index in [9.17, 15) is 4.79 Å². The van der Waals surface area contributed by atoms with Crippen LogP contribution in [0.4, 0.5) is 5.82 Å². The fourth-order valence-electron chi connectivity index (χ4n) is 3.61. The first kappa shape index (κ1) is 18.5. The van der Waals surface area contributed by atoms with Crippen LogP contribution >= 0.6 is 0 Å². The lowest BCUT2D eigenvalue weighted by molar-refractivity contribution is -0.123. The second kappa shape index (κ2) is 8.36. The van der Waals surface area contributed by atoms with Gasteiger partial charge in [-0.2, -0.15) is 0 Å². The summed E-state index contributed by atoms with van der Waals surface area (Å²) in [5, 5.41) is 4.56. The van der Waals surface area contributed by atoms with E-state index >= 15 is 0 Å². The summed E-state index contributed by atoms with van der Waals surface area (Å²) in [6.45, 7) is 5.76. The molecule has 1 fully saturated rings. The smallest absolute Gasteiger partial charge is 0.221 e. The molecule has 1 aromatic heterocycles. The van der Waals surface area contributed by atoms with Crippen molar-refractivity contribution in [3.8, 4) is 5.75 Å². The molecule has 1 unspecified atom stereocenters. The van der Waals surface area contributed by atoms with Crippen LogP contribution in [0.5, 0.6) is 5.75 Å². The minimum Gasteiger partial charge on any atom is -0.497 e. The van der Waals surface area contributed by atoms with Gasteiger partial charge in [0.1, 0.15) is 11.6 Å². The second-order valence-electron chi connectivity index (χ2n) is 7.03. The highest BCUT2D eigenvalue weighted by atomic mass is 16.5. The van der Waals surface area contributed by atoms with Gasteiger partial charge in [-0.3, -0.25) is 4.79 Å². The van der Waals surface area contributed by atoms with Crippen LogP contribution in [0.25, 0.3) is 10.9 Å². The molecule has 1 aliphatic rings. The van der Waals surface area contributed by atoms with E-state index in [1.807, 2.05) is 18.2 Å². The van der Waals surface area contributed by atoms with Gasteiger partial charge >= 0.3 is 0 Å². The van der Waals surface area contributed by atoms with Crippen LogP contribution in [0.15, 0.2) is 24.3 Å². The number of carbonyl (C=O) groups is 1. The molecule has 0 bridgehead atoms. The highest BCUT2D eigenvalue weighted by Crippen LogP contribution is 2.24. The van der Waals surface area contributed by atoms with Gasteiger partial charge in [0.15, 0.2) is 0 Å². The van der Waals surface area contributed by atoms with Gasteiger partial charge in [-0.1, -0.05) is 0 Å². The zero-order valence-electron chi connectivity index (χ0n) is 15.6. The lowest BCUT2D eigenvalue weighted by Gasteiger charge is -2.31. The molecule has 1 saturated heterocycles. The lowest BCUT2D eigenvalue weighted by Crippen LogP contribution is -2.41. The summed E-state index contributed by atoms with van der Waals surface area (Å²) in [5.41, 5.74) is 7.58. The van der Waals surface area contributed by atoms with Crippen molar-refractivity contribution in [3.05, 3.63) is 29.8 Å². The number of ether oxygens (including phenoxy) is 1. The van der Waals surface area contributed by atoms with Gasteiger partial charge in [0.25, 0.3) is 0 Å². The number of primary amides is 1. The number of amides is 1. The van der Waals surface area contributed by atoms with Crippen LogP contribution in [0.2, 0.25) is 0 Å². The summed E-state index contributed by atoms with van der Waals surface area (Å²) in [7, 11) is 1.67. The van der Waals surface area contributed by atoms with E-state index in [4.69, 9.17) is 15.5 Å². The first-order chi connectivity index (χ1) is 12.6. The Morgan fingerprint density at radius 1 is 1.42 bits per heavy atom. The Hall–Kier alpha value is -2.34. The predicted octanol–water partition coefficient (Wildman–Crippen LogP) is 2.55. The number of aryl methyl sites for hydroxylation is 1. The van der Waals surface area contributed by atoms with E-state index in [1.165, 1.54) is 5.56 Å². The quantitative estimate of drug-likeness (QED) is 0.745. The molecule has 0 saturated carbocycles. The van der Waals surface area contributed by atoms with E-state index in [2.05, 4.69) is 23.2 Å². The van der Waals surface area contributed by atoms with Gasteiger partial charge in [-0.05, 0) is 63.0 Å². The molecule has 1 aromatic carbocycles. The van der Waals surface area contributed by atoms with Gasteiger partial charge in [-0.15, -0.1) is 0 Å². The SMILES string of the molecule is COc1ccc2c(C)cc(NCCCN3CCCC(C(N)=O)C3)nc2c1. The number of hydrogen-bond donors (Lipinski definition) is 2. The number of hydrogen-bond acceptors (Lipinski definition) is 5. The first-order valence-electron chi connectivity index (χ1n) is 9.28. The van der Waals surface area contributed by atoms with Crippen LogP contribution < -0.4 is 15.8 Å². The number of likely N-dealkylation sites (tertiary alicyclic amines) is 1. The number of anilines is 1. The summed E-state index contributed by atoms with van der Waals surface area (Å²) in [4.78, 5) is 18.4. The minimum absolute atomic E-state index is 0.0106. The van der Waals surface area contributed by atoms with Crippen molar-refractivity contribution in [3.63, 3.8) is 0 Å². The summed E-state index contributed by atoms with van der Waals surface area (Å²) in [6.07, 6.45) is 2.98. The fourth-order valence-corrected chi connectivity index (χ4v) is 3.61. The molecule has 6 heteroatoms. The zero-order valence-corrected chi connectivity index (χ0v) is 15.6. The Morgan fingerprint density at radius 3 is 3.04 bits per heavy atom. The maximum absolute atomic E-state index is 11.4. The number of fused-ring (bicyclic) bond motifs is 1. The van der Waals surface area contributed by atoms with Crippen LogP contribution in [-0.2, 0) is 4.79 Å². The molecular weight excluding hydrogens is 328 g/mol. The summed E-state index contributed by atoms with van der Waals surface area (Å²) in [6, 6.07) is 8.05. The summed E-state index contributed by atoms with van der Waals surface area (Å²) < 4.78 is 5.29. The average molecular weight is 356 g/mol. The molecular formula is C20H28N4O2. The van der Waals surface area contributed by atoms with Gasteiger partial charge in [-0.25, -0.2) is 4.98 Å². The number of rotatable bonds is 7. The van der Waals surface area contributed by atoms with Crippen LogP contribution in [0.3, 0.4) is 0 Å². The number of pyridine rings is 1. The fraction of sp³-hybridized carbons (Fsp3) is 0.500. The van der Waals surface area contributed by atoms with E-state index < -0.39 is 0 Å². The third-order valence-electron chi connectivity index (χ3n) is 5.09. The molecule has 1 amide bonds. The van der Waals surface area contributed by atoms with Crippen molar-refractivity contribution in [2.75, 3.05) is 38.6 Å². The van der Waals surface area contributed by atoms with Crippen LogP contribution in [0.1, 0.15) is 24.8 Å². The second-order valence-corrected chi connectivity index (χ2v) is 7.03. The Balaban J connectivity index is 1.54. The molecule has 6 nitrogen and oxygen atoms in total. The highest BCUT2D eigenvalue weighted by Gasteiger charge is 2.23. The lowest BCUT2D eigenvalue weighted by atomic mass is 9.97. The number of methoxy groups -OCH3 is 1. The maximum atomic E-state index is 11.4. The molecule has 3 N–H and O–H groups in total. The van der Waals surface area contributed by atoms with Crippen molar-refractivity contribution in [1.82, 2.24) is 9.88 Å². The Kier molecular flexibility index (Phi) is 5.93. The third kappa shape index (κ3) is 4.43. The first-order valence-corrected chi connectivity index (χ1v) is 9.28. The number of nitrogens with two attached hydrogens (primary N) is 1. The number of nitrogens with one attached hydrogen (secondary N) is 1. The Bertz CT molecular complexity index is 778. The van der Waals surface area contributed by atoms with Gasteiger partial charge in [0, 0.05) is 24.5 Å². The minimum atomic E-state index is -0.168. The molecule has 0 spiro atoms. The number of nitrogens with zero attached hydrogens (tertiary/aromatic N) is 2. The van der Waals surface area contributed by atoms with Crippen LogP contribution in [-0.4, -0.2) is 49.1 Å². The average Bonchev–Trinajstić information content (AvgIpc) is 2.65. The van der Waals surface area contributed by atoms with Crippen molar-refractivity contribution < 1.29 is 9.53 Å². The molecule has 2 aromatic rings. The normalized spacial score (nSPS) is 18.0. The standard InChI is InChI=1S/C20H28N4O2/c1-14-11-19(23-18-12-16(26-2)6-7-17(14)18)22-8-4-10-24-9-3-5-15(13-24)20(21)25/h6-7,11-12,15H,3-5,8-10,13H2,1-2H3,(H2,21,25)(H,22,23). The van der Waals surface area contributed by atoms with Gasteiger partial charge in [0.05, 0.1) is 18.5 Å². The molecule has 26 heavy (non-hydrogen) atoms. The van der Waals surface area contributed by atoms with E-state index in [0.29, 0.717) is 0 Å². The van der Waals surface area contributed by atoms with E-state index in [1.54, 1.807) is 7.11 Å².